The summed E-state index contributed by atoms with van der Waals surface area (Å²) in [7, 11) is 0. The lowest BCUT2D eigenvalue weighted by atomic mass is 9.88. The molecule has 0 saturated heterocycles. The lowest BCUT2D eigenvalue weighted by Crippen LogP contribution is -2.17. The number of hydrogen-bond acceptors (Lipinski definition) is 1. The van der Waals surface area contributed by atoms with E-state index >= 15 is 0 Å². The zero-order valence-corrected chi connectivity index (χ0v) is 8.11. The summed E-state index contributed by atoms with van der Waals surface area (Å²) in [6.07, 6.45) is 3.15. The van der Waals surface area contributed by atoms with Gasteiger partial charge in [0, 0.05) is 6.04 Å². The van der Waals surface area contributed by atoms with Crippen molar-refractivity contribution in [3.8, 4) is 0 Å². The number of nitrogens with two attached hydrogens (primary N) is 1. The Balaban J connectivity index is 0.000000845. The zero-order valence-electron chi connectivity index (χ0n) is 7.29. The van der Waals surface area contributed by atoms with Gasteiger partial charge in [0.15, 0.2) is 0 Å². The van der Waals surface area contributed by atoms with Crippen LogP contribution in [0.1, 0.15) is 30.0 Å². The van der Waals surface area contributed by atoms with Crippen LogP contribution >= 0.6 is 12.4 Å². The molecule has 1 nitrogen and oxygen atoms in total. The second-order valence-corrected chi connectivity index (χ2v) is 3.34. The molecule has 3 heteroatoms. The van der Waals surface area contributed by atoms with Gasteiger partial charge in [-0.15, -0.1) is 12.4 Å². The van der Waals surface area contributed by atoms with Crippen LogP contribution in [0.15, 0.2) is 18.2 Å². The monoisotopic (exact) mass is 201 g/mol. The topological polar surface area (TPSA) is 26.0 Å². The second-order valence-electron chi connectivity index (χ2n) is 3.34. The highest BCUT2D eigenvalue weighted by atomic mass is 35.5. The van der Waals surface area contributed by atoms with Gasteiger partial charge in [0.1, 0.15) is 5.82 Å². The van der Waals surface area contributed by atoms with Crippen LogP contribution in [0.2, 0.25) is 0 Å². The lowest BCUT2D eigenvalue weighted by molar-refractivity contribution is 0.557. The van der Waals surface area contributed by atoms with Crippen molar-refractivity contribution in [1.82, 2.24) is 0 Å². The maximum Gasteiger partial charge on any atom is 0.123 e. The van der Waals surface area contributed by atoms with E-state index in [0.29, 0.717) is 0 Å². The first-order valence-corrected chi connectivity index (χ1v) is 4.31. The molecule has 2 rings (SSSR count). The van der Waals surface area contributed by atoms with Crippen molar-refractivity contribution in [3.05, 3.63) is 35.1 Å². The van der Waals surface area contributed by atoms with Crippen molar-refractivity contribution in [1.29, 1.82) is 0 Å². The molecule has 72 valence electrons. The first-order valence-electron chi connectivity index (χ1n) is 4.31. The first-order chi connectivity index (χ1) is 5.77. The van der Waals surface area contributed by atoms with Gasteiger partial charge in [-0.1, -0.05) is 6.07 Å². The Bertz CT molecular complexity index is 301. The molecule has 0 aromatic heterocycles. The van der Waals surface area contributed by atoms with Gasteiger partial charge >= 0.3 is 0 Å². The minimum absolute atomic E-state index is 0. The van der Waals surface area contributed by atoms with Gasteiger partial charge in [0.05, 0.1) is 0 Å². The molecule has 1 aromatic carbocycles. The van der Waals surface area contributed by atoms with Gasteiger partial charge in [-0.25, -0.2) is 4.39 Å². The Hall–Kier alpha value is -0.600. The Morgan fingerprint density at radius 2 is 2.15 bits per heavy atom. The molecule has 0 spiro atoms. The zero-order chi connectivity index (χ0) is 8.55. The Kier molecular flexibility index (Phi) is 3.28. The number of hydrogen-bond donors (Lipinski definition) is 1. The predicted octanol–water partition coefficient (Wildman–Crippen LogP) is 2.58. The van der Waals surface area contributed by atoms with E-state index < -0.39 is 0 Å². The molecule has 1 aliphatic rings. The summed E-state index contributed by atoms with van der Waals surface area (Å²) >= 11 is 0. The molecule has 0 saturated carbocycles. The molecule has 0 fully saturated rings. The van der Waals surface area contributed by atoms with Gasteiger partial charge in [0.2, 0.25) is 0 Å². The Morgan fingerprint density at radius 1 is 1.38 bits per heavy atom. The summed E-state index contributed by atoms with van der Waals surface area (Å²) in [6.45, 7) is 0. The van der Waals surface area contributed by atoms with E-state index in [-0.39, 0.29) is 24.3 Å². The van der Waals surface area contributed by atoms with Crippen molar-refractivity contribution >= 4 is 12.4 Å². The highest BCUT2D eigenvalue weighted by Crippen LogP contribution is 2.27. The summed E-state index contributed by atoms with van der Waals surface area (Å²) in [4.78, 5) is 0. The molecule has 0 heterocycles. The molecule has 13 heavy (non-hydrogen) atoms. The van der Waals surface area contributed by atoms with Crippen LogP contribution in [0.3, 0.4) is 0 Å². The van der Waals surface area contributed by atoms with Crippen LogP contribution in [0.25, 0.3) is 0 Å². The molecule has 1 aromatic rings. The molecular weight excluding hydrogens is 189 g/mol. The SMILES string of the molecule is Cl.N[C@H]1CCCc2ccc(F)cc21. The fourth-order valence-corrected chi connectivity index (χ4v) is 1.81. The van der Waals surface area contributed by atoms with E-state index in [4.69, 9.17) is 5.73 Å². The van der Waals surface area contributed by atoms with Crippen molar-refractivity contribution in [2.45, 2.75) is 25.3 Å². The standard InChI is InChI=1S/C10H12FN.ClH/c11-8-5-4-7-2-1-3-10(12)9(7)6-8;/h4-6,10H,1-3,12H2;1H/t10-;/m0./s1. The molecule has 0 unspecified atom stereocenters. The predicted molar refractivity (Wildman–Crippen MR) is 53.5 cm³/mol. The fraction of sp³-hybridized carbons (Fsp3) is 0.400. The van der Waals surface area contributed by atoms with Crippen LogP contribution in [-0.2, 0) is 6.42 Å². The van der Waals surface area contributed by atoms with E-state index in [2.05, 4.69) is 0 Å². The third-order valence-electron chi connectivity index (χ3n) is 2.47. The molecule has 1 aliphatic carbocycles. The molecular formula is C10H13ClFN. The van der Waals surface area contributed by atoms with E-state index in [1.165, 1.54) is 11.6 Å². The highest BCUT2D eigenvalue weighted by Gasteiger charge is 2.16. The summed E-state index contributed by atoms with van der Waals surface area (Å²) in [5.41, 5.74) is 8.07. The van der Waals surface area contributed by atoms with Crippen LogP contribution in [0, 0.1) is 5.82 Å². The maximum absolute atomic E-state index is 12.8. The van der Waals surface area contributed by atoms with Crippen molar-refractivity contribution in [2.24, 2.45) is 5.73 Å². The normalized spacial score (nSPS) is 20.3. The van der Waals surface area contributed by atoms with Crippen LogP contribution in [0.5, 0.6) is 0 Å². The molecule has 1 atom stereocenters. The largest absolute Gasteiger partial charge is 0.324 e. The average molecular weight is 202 g/mol. The number of rotatable bonds is 0. The fourth-order valence-electron chi connectivity index (χ4n) is 1.81. The molecule has 0 radical (unpaired) electrons. The minimum atomic E-state index is -0.175. The maximum atomic E-state index is 12.8. The van der Waals surface area contributed by atoms with E-state index in [9.17, 15) is 4.39 Å². The first kappa shape index (κ1) is 10.5. The Labute approximate surface area is 83.5 Å². The average Bonchev–Trinajstić information content (AvgIpc) is 2.07. The van der Waals surface area contributed by atoms with Gasteiger partial charge in [-0.3, -0.25) is 0 Å². The lowest BCUT2D eigenvalue weighted by Gasteiger charge is -2.21. The van der Waals surface area contributed by atoms with Crippen molar-refractivity contribution in [2.75, 3.05) is 0 Å². The summed E-state index contributed by atoms with van der Waals surface area (Å²) in [6, 6.07) is 4.98. The molecule has 0 bridgehead atoms. The van der Waals surface area contributed by atoms with Gasteiger partial charge < -0.3 is 5.73 Å². The van der Waals surface area contributed by atoms with Crippen LogP contribution in [-0.4, -0.2) is 0 Å². The third kappa shape index (κ3) is 2.01. The van der Waals surface area contributed by atoms with Crippen molar-refractivity contribution < 1.29 is 4.39 Å². The van der Waals surface area contributed by atoms with E-state index in [1.54, 1.807) is 6.07 Å². The summed E-state index contributed by atoms with van der Waals surface area (Å²) < 4.78 is 12.8. The molecule has 2 N–H and O–H groups in total. The van der Waals surface area contributed by atoms with Crippen molar-refractivity contribution in [3.63, 3.8) is 0 Å². The quantitative estimate of drug-likeness (QED) is 0.686. The molecule has 0 amide bonds. The molecule has 0 aliphatic heterocycles. The summed E-state index contributed by atoms with van der Waals surface area (Å²) in [5, 5.41) is 0. The number of aryl methyl sites for hydroxylation is 1. The van der Waals surface area contributed by atoms with Gasteiger partial charge in [-0.2, -0.15) is 0 Å². The van der Waals surface area contributed by atoms with E-state index in [1.807, 2.05) is 6.07 Å². The van der Waals surface area contributed by atoms with Crippen LogP contribution < -0.4 is 5.73 Å². The summed E-state index contributed by atoms with van der Waals surface area (Å²) in [5.74, 6) is -0.175. The highest BCUT2D eigenvalue weighted by molar-refractivity contribution is 5.85. The van der Waals surface area contributed by atoms with Crippen LogP contribution in [0.4, 0.5) is 4.39 Å². The Morgan fingerprint density at radius 3 is 2.92 bits per heavy atom. The number of benzene rings is 1. The smallest absolute Gasteiger partial charge is 0.123 e. The third-order valence-corrected chi connectivity index (χ3v) is 2.47. The van der Waals surface area contributed by atoms with Gasteiger partial charge in [-0.05, 0) is 42.5 Å². The number of fused-ring (bicyclic) bond motifs is 1. The number of halogens is 2. The van der Waals surface area contributed by atoms with E-state index in [0.717, 1.165) is 24.8 Å². The minimum Gasteiger partial charge on any atom is -0.324 e. The second kappa shape index (κ2) is 4.07. The van der Waals surface area contributed by atoms with Gasteiger partial charge in [0.25, 0.3) is 0 Å².